The zero-order valence-electron chi connectivity index (χ0n) is 11.3. The number of aromatic nitrogens is 2. The summed E-state index contributed by atoms with van der Waals surface area (Å²) < 4.78 is 0. The van der Waals surface area contributed by atoms with Crippen molar-refractivity contribution in [2.75, 3.05) is 6.61 Å². The lowest BCUT2D eigenvalue weighted by Gasteiger charge is -2.13. The second-order valence-electron chi connectivity index (χ2n) is 4.38. The van der Waals surface area contributed by atoms with E-state index in [0.717, 1.165) is 0 Å². The second kappa shape index (κ2) is 7.20. The standard InChI is InChI=1S/C14H16N4O3/c15-14(20)18-21-7-6-11(12-8-16-9-17-12)13(19)10-4-2-1-3-5-10/h1-5,8-9,11H,6-7H2,(H,16,17)(H3,15,18,20). The highest BCUT2D eigenvalue weighted by Crippen LogP contribution is 2.22. The van der Waals surface area contributed by atoms with Gasteiger partial charge in [0.1, 0.15) is 0 Å². The van der Waals surface area contributed by atoms with Gasteiger partial charge in [-0.1, -0.05) is 30.3 Å². The zero-order valence-corrected chi connectivity index (χ0v) is 11.3. The average Bonchev–Trinajstić information content (AvgIpc) is 3.01. The van der Waals surface area contributed by atoms with Crippen LogP contribution >= 0.6 is 0 Å². The molecule has 2 amide bonds. The summed E-state index contributed by atoms with van der Waals surface area (Å²) in [5.74, 6) is -0.501. The molecule has 1 aromatic carbocycles. The number of ketones is 1. The number of Topliss-reactive ketones (excluding diaryl/α,β-unsaturated/α-hetero) is 1. The van der Waals surface area contributed by atoms with Crippen LogP contribution in [0, 0.1) is 0 Å². The van der Waals surface area contributed by atoms with Gasteiger partial charge in [0.15, 0.2) is 5.78 Å². The summed E-state index contributed by atoms with van der Waals surface area (Å²) in [5, 5.41) is 0. The topological polar surface area (TPSA) is 110 Å². The van der Waals surface area contributed by atoms with Crippen LogP contribution in [0.2, 0.25) is 0 Å². The Morgan fingerprint density at radius 1 is 1.33 bits per heavy atom. The van der Waals surface area contributed by atoms with Crippen molar-refractivity contribution in [1.82, 2.24) is 15.4 Å². The predicted molar refractivity (Wildman–Crippen MR) is 75.4 cm³/mol. The molecule has 0 aliphatic heterocycles. The number of amides is 2. The van der Waals surface area contributed by atoms with Crippen molar-refractivity contribution < 1.29 is 14.4 Å². The average molecular weight is 288 g/mol. The van der Waals surface area contributed by atoms with E-state index in [4.69, 9.17) is 10.6 Å². The molecule has 0 spiro atoms. The number of nitrogens with two attached hydrogens (primary N) is 1. The van der Waals surface area contributed by atoms with E-state index in [2.05, 4.69) is 9.97 Å². The maximum atomic E-state index is 12.5. The Morgan fingerprint density at radius 3 is 2.71 bits per heavy atom. The molecule has 1 aromatic heterocycles. The van der Waals surface area contributed by atoms with Gasteiger partial charge in [0.05, 0.1) is 24.5 Å². The van der Waals surface area contributed by atoms with E-state index in [1.54, 1.807) is 30.5 Å². The van der Waals surface area contributed by atoms with Gasteiger partial charge in [0.25, 0.3) is 0 Å². The molecular weight excluding hydrogens is 272 g/mol. The number of hydrogen-bond donors (Lipinski definition) is 3. The number of hydrogen-bond acceptors (Lipinski definition) is 4. The van der Waals surface area contributed by atoms with Crippen LogP contribution in [0.15, 0.2) is 42.9 Å². The van der Waals surface area contributed by atoms with Crippen LogP contribution in [0.5, 0.6) is 0 Å². The third-order valence-electron chi connectivity index (χ3n) is 2.93. The first-order valence-electron chi connectivity index (χ1n) is 6.43. The first kappa shape index (κ1) is 14.7. The van der Waals surface area contributed by atoms with Crippen molar-refractivity contribution in [2.45, 2.75) is 12.3 Å². The largest absolute Gasteiger partial charge is 0.351 e. The van der Waals surface area contributed by atoms with Crippen molar-refractivity contribution >= 4 is 11.8 Å². The molecule has 0 saturated heterocycles. The van der Waals surface area contributed by atoms with E-state index in [1.165, 1.54) is 6.33 Å². The van der Waals surface area contributed by atoms with Gasteiger partial charge in [-0.15, -0.1) is 0 Å². The van der Waals surface area contributed by atoms with Crippen molar-refractivity contribution in [3.05, 3.63) is 54.1 Å². The number of nitrogens with one attached hydrogen (secondary N) is 2. The number of primary amides is 1. The summed E-state index contributed by atoms with van der Waals surface area (Å²) in [6.07, 6.45) is 3.56. The maximum absolute atomic E-state index is 12.5. The Bertz CT molecular complexity index is 584. The first-order chi connectivity index (χ1) is 10.2. The van der Waals surface area contributed by atoms with Gasteiger partial charge in [0.2, 0.25) is 0 Å². The van der Waals surface area contributed by atoms with Gasteiger partial charge in [0, 0.05) is 11.8 Å². The Balaban J connectivity index is 2.06. The van der Waals surface area contributed by atoms with Crippen molar-refractivity contribution in [1.29, 1.82) is 0 Å². The molecule has 21 heavy (non-hydrogen) atoms. The van der Waals surface area contributed by atoms with Crippen molar-refractivity contribution in [3.63, 3.8) is 0 Å². The minimum Gasteiger partial charge on any atom is -0.351 e. The number of carbonyl (C=O) groups excluding carboxylic acids is 2. The number of H-pyrrole nitrogens is 1. The van der Waals surface area contributed by atoms with Gasteiger partial charge in [-0.05, 0) is 6.42 Å². The van der Waals surface area contributed by atoms with E-state index in [-0.39, 0.29) is 12.4 Å². The molecule has 110 valence electrons. The number of hydroxylamine groups is 1. The van der Waals surface area contributed by atoms with E-state index in [1.807, 2.05) is 11.5 Å². The first-order valence-corrected chi connectivity index (χ1v) is 6.43. The van der Waals surface area contributed by atoms with Crippen molar-refractivity contribution in [2.24, 2.45) is 5.73 Å². The zero-order chi connectivity index (χ0) is 15.1. The lowest BCUT2D eigenvalue weighted by molar-refractivity contribution is 0.0573. The third kappa shape index (κ3) is 4.15. The summed E-state index contributed by atoms with van der Waals surface area (Å²) in [4.78, 5) is 34.9. The fourth-order valence-electron chi connectivity index (χ4n) is 1.98. The van der Waals surface area contributed by atoms with Gasteiger partial charge in [-0.2, -0.15) is 0 Å². The molecule has 7 heteroatoms. The molecule has 7 nitrogen and oxygen atoms in total. The molecule has 0 bridgehead atoms. The monoisotopic (exact) mass is 288 g/mol. The van der Waals surface area contributed by atoms with Gasteiger partial charge in [-0.3, -0.25) is 9.63 Å². The fourth-order valence-corrected chi connectivity index (χ4v) is 1.98. The summed E-state index contributed by atoms with van der Waals surface area (Å²) in [7, 11) is 0. The van der Waals surface area contributed by atoms with E-state index < -0.39 is 11.9 Å². The molecule has 2 aromatic rings. The van der Waals surface area contributed by atoms with Crippen LogP contribution in [0.4, 0.5) is 4.79 Å². The number of aromatic amines is 1. The third-order valence-corrected chi connectivity index (χ3v) is 2.93. The van der Waals surface area contributed by atoms with Crippen LogP contribution in [0.25, 0.3) is 0 Å². The van der Waals surface area contributed by atoms with Crippen LogP contribution in [0.3, 0.4) is 0 Å². The van der Waals surface area contributed by atoms with Crippen LogP contribution < -0.4 is 11.2 Å². The predicted octanol–water partition coefficient (Wildman–Crippen LogP) is 1.37. The molecule has 2 rings (SSSR count). The summed E-state index contributed by atoms with van der Waals surface area (Å²) in [6.45, 7) is 0.152. The molecule has 0 radical (unpaired) electrons. The SMILES string of the molecule is NC(=O)NOCCC(C(=O)c1ccccc1)c1c[nH]cn1. The lowest BCUT2D eigenvalue weighted by Crippen LogP contribution is -2.30. The van der Waals surface area contributed by atoms with E-state index >= 15 is 0 Å². The number of urea groups is 1. The lowest BCUT2D eigenvalue weighted by atomic mass is 9.92. The van der Waals surface area contributed by atoms with Crippen LogP contribution in [-0.2, 0) is 4.84 Å². The Kier molecular flexibility index (Phi) is 5.05. The maximum Gasteiger partial charge on any atom is 0.336 e. The summed E-state index contributed by atoms with van der Waals surface area (Å²) in [5.41, 5.74) is 8.16. The quantitative estimate of drug-likeness (QED) is 0.406. The van der Waals surface area contributed by atoms with E-state index in [0.29, 0.717) is 17.7 Å². The van der Waals surface area contributed by atoms with Gasteiger partial charge in [-0.25, -0.2) is 15.3 Å². The smallest absolute Gasteiger partial charge is 0.336 e. The molecule has 1 unspecified atom stereocenters. The Hall–Kier alpha value is -2.67. The fraction of sp³-hybridized carbons (Fsp3) is 0.214. The molecule has 0 saturated carbocycles. The van der Waals surface area contributed by atoms with E-state index in [9.17, 15) is 9.59 Å². The number of rotatable bonds is 7. The molecule has 0 fully saturated rings. The number of nitrogens with zero attached hydrogens (tertiary/aromatic N) is 1. The molecule has 0 aliphatic carbocycles. The highest BCUT2D eigenvalue weighted by molar-refractivity contribution is 6.00. The second-order valence-corrected chi connectivity index (χ2v) is 4.38. The normalized spacial score (nSPS) is 11.8. The molecular formula is C14H16N4O3. The highest BCUT2D eigenvalue weighted by Gasteiger charge is 2.23. The molecule has 1 heterocycles. The van der Waals surface area contributed by atoms with Crippen molar-refractivity contribution in [3.8, 4) is 0 Å². The highest BCUT2D eigenvalue weighted by atomic mass is 16.7. The van der Waals surface area contributed by atoms with Crippen LogP contribution in [-0.4, -0.2) is 28.4 Å². The number of benzene rings is 1. The van der Waals surface area contributed by atoms with Crippen LogP contribution in [0.1, 0.15) is 28.4 Å². The number of carbonyl (C=O) groups is 2. The molecule has 1 atom stereocenters. The Labute approximate surface area is 121 Å². The molecule has 0 aliphatic rings. The summed E-state index contributed by atoms with van der Waals surface area (Å²) >= 11 is 0. The molecule has 4 N–H and O–H groups in total. The number of imidazole rings is 1. The Morgan fingerprint density at radius 2 is 2.10 bits per heavy atom. The minimum absolute atomic E-state index is 0.0506. The van der Waals surface area contributed by atoms with Gasteiger partial charge < -0.3 is 10.7 Å². The van der Waals surface area contributed by atoms with Gasteiger partial charge >= 0.3 is 6.03 Å². The summed E-state index contributed by atoms with van der Waals surface area (Å²) in [6, 6.07) is 8.19. The minimum atomic E-state index is -0.777.